The molecule has 21 heavy (non-hydrogen) atoms. The molecule has 0 heterocycles. The summed E-state index contributed by atoms with van der Waals surface area (Å²) in [6.07, 6.45) is 1.57. The van der Waals surface area contributed by atoms with Gasteiger partial charge in [0.05, 0.1) is 0 Å². The summed E-state index contributed by atoms with van der Waals surface area (Å²) in [6.45, 7) is 4.19. The number of amides is 1. The highest BCUT2D eigenvalue weighted by atomic mass is 127. The van der Waals surface area contributed by atoms with E-state index in [2.05, 4.69) is 36.4 Å². The third-order valence-corrected chi connectivity index (χ3v) is 4.77. The Morgan fingerprint density at radius 2 is 2.10 bits per heavy atom. The third-order valence-electron chi connectivity index (χ3n) is 3.82. The minimum atomic E-state index is -0.904. The maximum atomic E-state index is 11.9. The van der Waals surface area contributed by atoms with Crippen LogP contribution >= 0.6 is 22.6 Å². The molecule has 1 N–H and O–H groups in total. The van der Waals surface area contributed by atoms with Crippen LogP contribution < -0.4 is 0 Å². The molecule has 1 aliphatic rings. The van der Waals surface area contributed by atoms with Gasteiger partial charge in [-0.15, -0.1) is 0 Å². The standard InChI is InChI=1S/C16H22INO3/c1-11(2)10-16(21-3,13-6-4-5-7-14(13)17)18(15(19)20)12-8-9-12/h4-7,11-12H,8-10H2,1-3H3,(H,19,20)/t16-/m1/s1. The summed E-state index contributed by atoms with van der Waals surface area (Å²) in [7, 11) is 1.61. The van der Waals surface area contributed by atoms with Crippen molar-refractivity contribution in [2.45, 2.75) is 44.9 Å². The molecule has 0 radical (unpaired) electrons. The molecule has 116 valence electrons. The van der Waals surface area contributed by atoms with Gasteiger partial charge in [0, 0.05) is 28.7 Å². The van der Waals surface area contributed by atoms with Crippen molar-refractivity contribution in [2.75, 3.05) is 7.11 Å². The monoisotopic (exact) mass is 403 g/mol. The van der Waals surface area contributed by atoms with E-state index < -0.39 is 11.8 Å². The van der Waals surface area contributed by atoms with Crippen LogP contribution in [-0.2, 0) is 10.5 Å². The van der Waals surface area contributed by atoms with Crippen LogP contribution in [0.1, 0.15) is 38.7 Å². The van der Waals surface area contributed by atoms with Crippen molar-refractivity contribution >= 4 is 28.7 Å². The number of hydrogen-bond acceptors (Lipinski definition) is 2. The number of methoxy groups -OCH3 is 1. The van der Waals surface area contributed by atoms with Crippen LogP contribution in [0.4, 0.5) is 4.79 Å². The van der Waals surface area contributed by atoms with Crippen LogP contribution in [0.15, 0.2) is 24.3 Å². The Bertz CT molecular complexity index is 516. The van der Waals surface area contributed by atoms with E-state index in [9.17, 15) is 9.90 Å². The summed E-state index contributed by atoms with van der Waals surface area (Å²) in [5.41, 5.74) is 0.0370. The van der Waals surface area contributed by atoms with Crippen molar-refractivity contribution in [3.8, 4) is 0 Å². The minimum Gasteiger partial charge on any atom is -0.465 e. The molecule has 1 aromatic rings. The average Bonchev–Trinajstić information content (AvgIpc) is 3.22. The molecule has 2 rings (SSSR count). The fourth-order valence-electron chi connectivity index (χ4n) is 2.90. The SMILES string of the molecule is CO[C@](CC(C)C)(c1ccccc1I)N(C(=O)O)C1CC1. The molecule has 0 aliphatic heterocycles. The second kappa shape index (κ2) is 6.52. The van der Waals surface area contributed by atoms with Crippen LogP contribution in [0.5, 0.6) is 0 Å². The van der Waals surface area contributed by atoms with Crippen LogP contribution in [0, 0.1) is 9.49 Å². The topological polar surface area (TPSA) is 49.8 Å². The number of carbonyl (C=O) groups is 1. The summed E-state index contributed by atoms with van der Waals surface area (Å²) in [6, 6.07) is 7.95. The van der Waals surface area contributed by atoms with E-state index in [1.165, 1.54) is 4.90 Å². The Balaban J connectivity index is 2.56. The van der Waals surface area contributed by atoms with Crippen LogP contribution in [0.3, 0.4) is 0 Å². The minimum absolute atomic E-state index is 0.0669. The average molecular weight is 403 g/mol. The molecular weight excluding hydrogens is 381 g/mol. The quantitative estimate of drug-likeness (QED) is 0.570. The molecule has 0 aromatic heterocycles. The molecule has 4 nitrogen and oxygen atoms in total. The normalized spacial score (nSPS) is 17.6. The second-order valence-corrected chi connectivity index (χ2v) is 7.11. The number of halogens is 1. The van der Waals surface area contributed by atoms with Gasteiger partial charge in [0.25, 0.3) is 0 Å². The number of ether oxygens (including phenoxy) is 1. The van der Waals surface area contributed by atoms with Gasteiger partial charge in [-0.05, 0) is 47.4 Å². The van der Waals surface area contributed by atoms with Gasteiger partial charge in [-0.1, -0.05) is 32.0 Å². The maximum Gasteiger partial charge on any atom is 0.410 e. The highest BCUT2D eigenvalue weighted by molar-refractivity contribution is 14.1. The van der Waals surface area contributed by atoms with E-state index >= 15 is 0 Å². The van der Waals surface area contributed by atoms with Crippen molar-refractivity contribution in [1.29, 1.82) is 0 Å². The Morgan fingerprint density at radius 3 is 2.52 bits per heavy atom. The van der Waals surface area contributed by atoms with Crippen LogP contribution in [0.2, 0.25) is 0 Å². The molecule has 1 aromatic carbocycles. The Kier molecular flexibility index (Phi) is 5.14. The zero-order valence-electron chi connectivity index (χ0n) is 12.7. The molecule has 1 amide bonds. The lowest BCUT2D eigenvalue weighted by atomic mass is 9.91. The van der Waals surface area contributed by atoms with Crippen molar-refractivity contribution in [3.05, 3.63) is 33.4 Å². The van der Waals surface area contributed by atoms with E-state index in [0.29, 0.717) is 12.3 Å². The van der Waals surface area contributed by atoms with E-state index in [1.807, 2.05) is 24.3 Å². The Morgan fingerprint density at radius 1 is 1.48 bits per heavy atom. The van der Waals surface area contributed by atoms with E-state index in [-0.39, 0.29) is 6.04 Å². The smallest absolute Gasteiger partial charge is 0.410 e. The molecule has 0 saturated heterocycles. The number of nitrogens with zero attached hydrogens (tertiary/aromatic N) is 1. The first-order valence-corrected chi connectivity index (χ1v) is 8.32. The highest BCUT2D eigenvalue weighted by Gasteiger charge is 2.50. The third kappa shape index (κ3) is 3.34. The van der Waals surface area contributed by atoms with Crippen LogP contribution in [-0.4, -0.2) is 29.3 Å². The van der Waals surface area contributed by atoms with Crippen molar-refractivity contribution in [3.63, 3.8) is 0 Å². The van der Waals surface area contributed by atoms with Gasteiger partial charge in [0.15, 0.2) is 5.72 Å². The predicted octanol–water partition coefficient (Wildman–Crippen LogP) is 4.28. The van der Waals surface area contributed by atoms with Gasteiger partial charge in [-0.2, -0.15) is 0 Å². The molecule has 0 bridgehead atoms. The van der Waals surface area contributed by atoms with Crippen molar-refractivity contribution in [2.24, 2.45) is 5.92 Å². The zero-order valence-corrected chi connectivity index (χ0v) is 14.8. The van der Waals surface area contributed by atoms with Crippen molar-refractivity contribution in [1.82, 2.24) is 4.90 Å². The molecule has 1 atom stereocenters. The Hall–Kier alpha value is -0.820. The summed E-state index contributed by atoms with van der Waals surface area (Å²) in [4.78, 5) is 13.4. The lowest BCUT2D eigenvalue weighted by Gasteiger charge is -2.43. The molecule has 1 fully saturated rings. The molecule has 0 spiro atoms. The first-order valence-electron chi connectivity index (χ1n) is 7.24. The molecular formula is C16H22INO3. The number of benzene rings is 1. The Labute approximate surface area is 139 Å². The number of carboxylic acid groups (broad SMARTS) is 1. The van der Waals surface area contributed by atoms with Gasteiger partial charge < -0.3 is 9.84 Å². The van der Waals surface area contributed by atoms with Gasteiger partial charge in [-0.3, -0.25) is 4.90 Å². The number of rotatable bonds is 6. The van der Waals surface area contributed by atoms with Gasteiger partial charge in [-0.25, -0.2) is 4.79 Å². The first kappa shape index (κ1) is 16.5. The molecule has 1 saturated carbocycles. The largest absolute Gasteiger partial charge is 0.465 e. The fourth-order valence-corrected chi connectivity index (χ4v) is 3.71. The predicted molar refractivity (Wildman–Crippen MR) is 90.2 cm³/mol. The number of hydrogen-bond donors (Lipinski definition) is 1. The summed E-state index contributed by atoms with van der Waals surface area (Å²) in [5.74, 6) is 0.321. The van der Waals surface area contributed by atoms with E-state index in [1.54, 1.807) is 7.11 Å². The fraction of sp³-hybridized carbons (Fsp3) is 0.562. The van der Waals surface area contributed by atoms with Crippen LogP contribution in [0.25, 0.3) is 0 Å². The second-order valence-electron chi connectivity index (χ2n) is 5.95. The zero-order chi connectivity index (χ0) is 15.6. The van der Waals surface area contributed by atoms with Gasteiger partial charge in [0.1, 0.15) is 0 Å². The van der Waals surface area contributed by atoms with Gasteiger partial charge in [0.2, 0.25) is 0 Å². The summed E-state index contributed by atoms with van der Waals surface area (Å²) in [5, 5.41) is 9.76. The molecule has 5 heteroatoms. The lowest BCUT2D eigenvalue weighted by Crippen LogP contribution is -2.52. The first-order chi connectivity index (χ1) is 9.92. The summed E-state index contributed by atoms with van der Waals surface area (Å²) < 4.78 is 6.91. The van der Waals surface area contributed by atoms with E-state index in [4.69, 9.17) is 4.74 Å². The summed E-state index contributed by atoms with van der Waals surface area (Å²) >= 11 is 2.26. The lowest BCUT2D eigenvalue weighted by molar-refractivity contribution is -0.144. The maximum absolute atomic E-state index is 11.9. The van der Waals surface area contributed by atoms with Gasteiger partial charge >= 0.3 is 6.09 Å². The molecule has 0 unspecified atom stereocenters. The highest BCUT2D eigenvalue weighted by Crippen LogP contribution is 2.44. The van der Waals surface area contributed by atoms with Crippen molar-refractivity contribution < 1.29 is 14.6 Å². The van der Waals surface area contributed by atoms with E-state index in [0.717, 1.165) is 22.0 Å². The molecule has 1 aliphatic carbocycles.